The second-order valence-corrected chi connectivity index (χ2v) is 4.63. The molecular weight excluding hydrogens is 320 g/mol. The van der Waals surface area contributed by atoms with Gasteiger partial charge in [0.05, 0.1) is 11.1 Å². The van der Waals surface area contributed by atoms with Crippen LogP contribution in [0, 0.1) is 0 Å². The maximum absolute atomic E-state index is 11.9. The van der Waals surface area contributed by atoms with Crippen LogP contribution in [0.25, 0.3) is 10.8 Å². The maximum Gasteiger partial charge on any atom is 0.336 e. The number of rotatable bonds is 4. The molecular formula is C14H12N4O6. The fourth-order valence-electron chi connectivity index (χ4n) is 2.39. The number of aromatic carboxylic acids is 2. The van der Waals surface area contributed by atoms with Gasteiger partial charge in [0.2, 0.25) is 0 Å². The molecule has 2 rings (SSSR count). The number of amides is 2. The highest BCUT2D eigenvalue weighted by Gasteiger charge is 2.24. The van der Waals surface area contributed by atoms with Crippen molar-refractivity contribution < 1.29 is 29.4 Å². The number of fused-ring (bicyclic) bond motifs is 1. The number of nitrogens with two attached hydrogens (primary N) is 2. The van der Waals surface area contributed by atoms with Crippen LogP contribution in [0.1, 0.15) is 41.4 Å². The van der Waals surface area contributed by atoms with Crippen LogP contribution in [0.4, 0.5) is 0 Å². The lowest BCUT2D eigenvalue weighted by molar-refractivity contribution is 0.0684. The Morgan fingerprint density at radius 1 is 0.667 bits per heavy atom. The third-order valence-electron chi connectivity index (χ3n) is 3.37. The average Bonchev–Trinajstić information content (AvgIpc) is 2.57. The van der Waals surface area contributed by atoms with Crippen molar-refractivity contribution in [2.45, 2.75) is 0 Å². The van der Waals surface area contributed by atoms with Crippen LogP contribution in [0.5, 0.6) is 0 Å². The molecule has 10 heteroatoms. The zero-order valence-corrected chi connectivity index (χ0v) is 12.0. The Kier molecular flexibility index (Phi) is 4.44. The summed E-state index contributed by atoms with van der Waals surface area (Å²) in [5, 5.41) is 18.2. The second-order valence-electron chi connectivity index (χ2n) is 4.63. The quantitative estimate of drug-likeness (QED) is 0.244. The number of hydrogen-bond acceptors (Lipinski definition) is 6. The highest BCUT2D eigenvalue weighted by molar-refractivity contribution is 6.23. The van der Waals surface area contributed by atoms with Gasteiger partial charge in [-0.25, -0.2) is 21.3 Å². The van der Waals surface area contributed by atoms with Gasteiger partial charge in [0.1, 0.15) is 0 Å². The molecule has 2 amide bonds. The lowest BCUT2D eigenvalue weighted by atomic mass is 9.91. The Bertz CT molecular complexity index is 820. The van der Waals surface area contributed by atoms with Gasteiger partial charge < -0.3 is 10.2 Å². The number of carbonyl (C=O) groups is 4. The molecule has 2 aromatic rings. The van der Waals surface area contributed by atoms with Gasteiger partial charge in [0.15, 0.2) is 0 Å². The lowest BCUT2D eigenvalue weighted by Crippen LogP contribution is -2.32. The molecule has 0 heterocycles. The SMILES string of the molecule is NNC(=O)c1ccc(C(=O)NN)c2c(C(=O)O)ccc(C(=O)O)c12. The number of hydrazine groups is 2. The molecule has 0 aliphatic rings. The first kappa shape index (κ1) is 16.9. The van der Waals surface area contributed by atoms with Gasteiger partial charge in [-0.05, 0) is 24.3 Å². The Morgan fingerprint density at radius 3 is 1.21 bits per heavy atom. The molecule has 0 aliphatic carbocycles. The summed E-state index contributed by atoms with van der Waals surface area (Å²) in [6.07, 6.45) is 0. The zero-order valence-electron chi connectivity index (χ0n) is 12.0. The van der Waals surface area contributed by atoms with E-state index in [1.165, 1.54) is 0 Å². The highest BCUT2D eigenvalue weighted by atomic mass is 16.4. The van der Waals surface area contributed by atoms with Crippen molar-refractivity contribution in [3.8, 4) is 0 Å². The van der Waals surface area contributed by atoms with Gasteiger partial charge in [0.25, 0.3) is 11.8 Å². The second kappa shape index (κ2) is 6.32. The highest BCUT2D eigenvalue weighted by Crippen LogP contribution is 2.30. The van der Waals surface area contributed by atoms with E-state index in [9.17, 15) is 29.4 Å². The summed E-state index contributed by atoms with van der Waals surface area (Å²) < 4.78 is 0. The first-order chi connectivity index (χ1) is 11.3. The number of carboxylic acids is 2. The Labute approximate surface area is 134 Å². The Hall–Kier alpha value is -3.50. The minimum atomic E-state index is -1.41. The molecule has 2 aromatic carbocycles. The van der Waals surface area contributed by atoms with Gasteiger partial charge >= 0.3 is 11.9 Å². The fourth-order valence-corrected chi connectivity index (χ4v) is 2.39. The lowest BCUT2D eigenvalue weighted by Gasteiger charge is -2.14. The third-order valence-corrected chi connectivity index (χ3v) is 3.37. The van der Waals surface area contributed by atoms with E-state index in [2.05, 4.69) is 0 Å². The van der Waals surface area contributed by atoms with Gasteiger partial charge in [-0.3, -0.25) is 20.4 Å². The molecule has 0 spiro atoms. The van der Waals surface area contributed by atoms with Crippen molar-refractivity contribution in [3.63, 3.8) is 0 Å². The molecule has 0 aromatic heterocycles. The van der Waals surface area contributed by atoms with Crippen molar-refractivity contribution in [2.75, 3.05) is 0 Å². The largest absolute Gasteiger partial charge is 0.478 e. The van der Waals surface area contributed by atoms with E-state index in [1.807, 2.05) is 10.9 Å². The molecule has 0 atom stereocenters. The van der Waals surface area contributed by atoms with E-state index < -0.39 is 23.8 Å². The summed E-state index contributed by atoms with van der Waals surface area (Å²) in [7, 11) is 0. The van der Waals surface area contributed by atoms with E-state index in [0.29, 0.717) is 0 Å². The molecule has 8 N–H and O–H groups in total. The van der Waals surface area contributed by atoms with Crippen molar-refractivity contribution >= 4 is 34.5 Å². The molecule has 0 aliphatic heterocycles. The van der Waals surface area contributed by atoms with E-state index in [-0.39, 0.29) is 33.0 Å². The molecule has 24 heavy (non-hydrogen) atoms. The van der Waals surface area contributed by atoms with Crippen molar-refractivity contribution in [1.29, 1.82) is 0 Å². The van der Waals surface area contributed by atoms with Crippen LogP contribution in [0.15, 0.2) is 24.3 Å². The molecule has 0 unspecified atom stereocenters. The number of benzene rings is 2. The summed E-state index contributed by atoms with van der Waals surface area (Å²) in [5.74, 6) is 5.66. The van der Waals surface area contributed by atoms with Crippen LogP contribution in [-0.2, 0) is 0 Å². The first-order valence-electron chi connectivity index (χ1n) is 6.41. The number of carbonyl (C=O) groups excluding carboxylic acids is 2. The first-order valence-corrected chi connectivity index (χ1v) is 6.41. The van der Waals surface area contributed by atoms with E-state index in [1.54, 1.807) is 0 Å². The predicted molar refractivity (Wildman–Crippen MR) is 81.2 cm³/mol. The van der Waals surface area contributed by atoms with Crippen LogP contribution in [0.2, 0.25) is 0 Å². The fraction of sp³-hybridized carbons (Fsp3) is 0. The van der Waals surface area contributed by atoms with E-state index in [4.69, 9.17) is 11.7 Å². The van der Waals surface area contributed by atoms with Gasteiger partial charge in [-0.1, -0.05) is 0 Å². The average molecular weight is 332 g/mol. The van der Waals surface area contributed by atoms with Gasteiger partial charge in [-0.2, -0.15) is 0 Å². The van der Waals surface area contributed by atoms with Gasteiger partial charge in [-0.15, -0.1) is 0 Å². The zero-order chi connectivity index (χ0) is 18.0. The van der Waals surface area contributed by atoms with Crippen LogP contribution < -0.4 is 22.5 Å². The Balaban J connectivity index is 3.11. The van der Waals surface area contributed by atoms with Crippen LogP contribution in [0.3, 0.4) is 0 Å². The standard InChI is InChI=1S/C14H12N4O6/c15-17-11(19)5-1-2-6(12(20)18-16)10-8(14(23)24)4-3-7(9(5)10)13(21)22/h1-4H,15-16H2,(H,17,19)(H,18,20)(H,21,22)(H,23,24). The van der Waals surface area contributed by atoms with E-state index >= 15 is 0 Å². The minimum absolute atomic E-state index is 0.193. The van der Waals surface area contributed by atoms with Crippen LogP contribution in [-0.4, -0.2) is 34.0 Å². The summed E-state index contributed by atoms with van der Waals surface area (Å²) in [5.41, 5.74) is 2.59. The topological polar surface area (TPSA) is 185 Å². The monoisotopic (exact) mass is 332 g/mol. The molecule has 0 saturated carbocycles. The number of nitrogen functional groups attached to an aromatic ring is 2. The molecule has 10 nitrogen and oxygen atoms in total. The Morgan fingerprint density at radius 2 is 0.958 bits per heavy atom. The third kappa shape index (κ3) is 2.62. The summed E-state index contributed by atoms with van der Waals surface area (Å²) in [6.45, 7) is 0. The smallest absolute Gasteiger partial charge is 0.336 e. The van der Waals surface area contributed by atoms with Gasteiger partial charge in [0, 0.05) is 21.9 Å². The predicted octanol–water partition coefficient (Wildman–Crippen LogP) is -0.557. The molecule has 0 saturated heterocycles. The molecule has 0 radical (unpaired) electrons. The van der Waals surface area contributed by atoms with Crippen molar-refractivity contribution in [3.05, 3.63) is 46.5 Å². The maximum atomic E-state index is 11.9. The summed E-state index contributed by atoms with van der Waals surface area (Å²) in [4.78, 5) is 46.8. The summed E-state index contributed by atoms with van der Waals surface area (Å²) >= 11 is 0. The molecule has 124 valence electrons. The molecule has 0 fully saturated rings. The normalized spacial score (nSPS) is 10.2. The molecule has 0 bridgehead atoms. The number of carboxylic acid groups (broad SMARTS) is 2. The van der Waals surface area contributed by atoms with Crippen molar-refractivity contribution in [1.82, 2.24) is 10.9 Å². The van der Waals surface area contributed by atoms with Crippen molar-refractivity contribution in [2.24, 2.45) is 11.7 Å². The summed E-state index contributed by atoms with van der Waals surface area (Å²) in [6, 6.07) is 4.39. The van der Waals surface area contributed by atoms with E-state index in [0.717, 1.165) is 24.3 Å². The minimum Gasteiger partial charge on any atom is -0.478 e. The number of hydrogen-bond donors (Lipinski definition) is 6. The van der Waals surface area contributed by atoms with Crippen LogP contribution >= 0.6 is 0 Å². The number of nitrogens with one attached hydrogen (secondary N) is 2.